The van der Waals surface area contributed by atoms with Gasteiger partial charge in [-0.2, -0.15) is 0 Å². The number of benzene rings is 1. The molecule has 0 aliphatic heterocycles. The van der Waals surface area contributed by atoms with Gasteiger partial charge in [-0.1, -0.05) is 58.5 Å². The highest BCUT2D eigenvalue weighted by Crippen LogP contribution is 2.48. The Bertz CT molecular complexity index is 416. The Morgan fingerprint density at radius 3 is 2.40 bits per heavy atom. The maximum atomic E-state index is 12.5. The fourth-order valence-corrected chi connectivity index (χ4v) is 3.26. The molecule has 0 fully saturated rings. The number of hydrogen-bond acceptors (Lipinski definition) is 2. The van der Waals surface area contributed by atoms with Crippen LogP contribution in [0.15, 0.2) is 30.3 Å². The molecule has 0 bridgehead atoms. The van der Waals surface area contributed by atoms with Crippen LogP contribution in [0.4, 0.5) is 0 Å². The maximum absolute atomic E-state index is 12.5. The van der Waals surface area contributed by atoms with Crippen molar-refractivity contribution in [1.29, 1.82) is 0 Å². The number of esters is 1. The van der Waals surface area contributed by atoms with Gasteiger partial charge in [0.05, 0.1) is 5.16 Å². The monoisotopic (exact) mass is 294 g/mol. The molecule has 1 rings (SSSR count). The molecule has 20 heavy (non-hydrogen) atoms. The molecule has 2 atom stereocenters. The van der Waals surface area contributed by atoms with Crippen molar-refractivity contribution in [3.05, 3.63) is 35.9 Å². The molecule has 0 aromatic heterocycles. The van der Waals surface area contributed by atoms with Gasteiger partial charge in [0, 0.05) is 0 Å². The quantitative estimate of drug-likeness (QED) is 0.540. The van der Waals surface area contributed by atoms with Gasteiger partial charge in [0.15, 0.2) is 0 Å². The Balaban J connectivity index is 2.69. The van der Waals surface area contributed by atoms with Crippen molar-refractivity contribution in [2.45, 2.75) is 45.4 Å². The highest BCUT2D eigenvalue weighted by molar-refractivity contribution is 7.58. The first kappa shape index (κ1) is 17.2. The number of rotatable bonds is 7. The van der Waals surface area contributed by atoms with Gasteiger partial charge in [0.1, 0.15) is 6.61 Å². The van der Waals surface area contributed by atoms with E-state index in [1.165, 1.54) is 0 Å². The van der Waals surface area contributed by atoms with E-state index in [1.54, 1.807) is 0 Å². The zero-order chi connectivity index (χ0) is 15.2. The molecule has 2 unspecified atom stereocenters. The molecular weight excluding hydrogens is 267 g/mol. The van der Waals surface area contributed by atoms with Crippen LogP contribution in [0, 0.1) is 5.92 Å². The van der Waals surface area contributed by atoms with Gasteiger partial charge in [-0.3, -0.25) is 4.79 Å². The van der Waals surface area contributed by atoms with Crippen LogP contribution in [0.1, 0.15) is 39.2 Å². The fraction of sp³-hybridized carbons (Fsp3) is 0.588. The van der Waals surface area contributed by atoms with Crippen LogP contribution >= 0.6 is 7.92 Å². The van der Waals surface area contributed by atoms with E-state index in [2.05, 4.69) is 34.1 Å². The first-order valence-corrected chi connectivity index (χ1v) is 9.52. The van der Waals surface area contributed by atoms with E-state index in [-0.39, 0.29) is 19.0 Å². The van der Waals surface area contributed by atoms with Gasteiger partial charge in [0.25, 0.3) is 0 Å². The molecule has 1 aromatic rings. The number of hydrogen-bond donors (Lipinski definition) is 0. The minimum atomic E-state index is -0.379. The Labute approximate surface area is 124 Å². The molecule has 0 heterocycles. The largest absolute Gasteiger partial charge is 0.460 e. The molecule has 2 nitrogen and oxygen atoms in total. The Morgan fingerprint density at radius 1 is 1.30 bits per heavy atom. The Morgan fingerprint density at radius 2 is 1.90 bits per heavy atom. The zero-order valence-corrected chi connectivity index (χ0v) is 14.2. The van der Waals surface area contributed by atoms with E-state index < -0.39 is 0 Å². The lowest BCUT2D eigenvalue weighted by atomic mass is 9.94. The smallest absolute Gasteiger partial charge is 0.316 e. The summed E-state index contributed by atoms with van der Waals surface area (Å²) in [5, 5.41) is -0.334. The van der Waals surface area contributed by atoms with E-state index in [1.807, 2.05) is 30.3 Å². The minimum absolute atomic E-state index is 0.0437. The van der Waals surface area contributed by atoms with Gasteiger partial charge < -0.3 is 4.74 Å². The average molecular weight is 294 g/mol. The van der Waals surface area contributed by atoms with Gasteiger partial charge in [-0.25, -0.2) is 0 Å². The first-order chi connectivity index (χ1) is 9.40. The van der Waals surface area contributed by atoms with Gasteiger partial charge >= 0.3 is 5.97 Å². The fourth-order valence-electron chi connectivity index (χ4n) is 2.15. The van der Waals surface area contributed by atoms with E-state index in [4.69, 9.17) is 4.74 Å². The van der Waals surface area contributed by atoms with Crippen molar-refractivity contribution < 1.29 is 9.53 Å². The van der Waals surface area contributed by atoms with E-state index >= 15 is 0 Å². The summed E-state index contributed by atoms with van der Waals surface area (Å²) in [6.07, 6.45) is 2.01. The van der Waals surface area contributed by atoms with E-state index in [9.17, 15) is 4.79 Å². The van der Waals surface area contributed by atoms with Crippen molar-refractivity contribution >= 4 is 13.9 Å². The molecule has 3 heteroatoms. The van der Waals surface area contributed by atoms with Crippen LogP contribution in [-0.2, 0) is 16.1 Å². The van der Waals surface area contributed by atoms with Crippen LogP contribution in [0.5, 0.6) is 0 Å². The van der Waals surface area contributed by atoms with Crippen molar-refractivity contribution in [2.75, 3.05) is 13.3 Å². The second-order valence-corrected chi connectivity index (χ2v) is 8.72. The van der Waals surface area contributed by atoms with Crippen LogP contribution in [0.3, 0.4) is 0 Å². The summed E-state index contributed by atoms with van der Waals surface area (Å²) in [5.41, 5.74) is 1.04. The predicted molar refractivity (Wildman–Crippen MR) is 87.5 cm³/mol. The number of carbonyl (C=O) groups excluding carboxylic acids is 1. The Kier molecular flexibility index (Phi) is 6.68. The van der Waals surface area contributed by atoms with Crippen molar-refractivity contribution in [2.24, 2.45) is 5.92 Å². The molecule has 0 aliphatic carbocycles. The molecular formula is C17H27O2P. The molecule has 0 N–H and O–H groups in total. The molecule has 0 saturated carbocycles. The maximum Gasteiger partial charge on any atom is 0.316 e. The lowest BCUT2D eigenvalue weighted by Crippen LogP contribution is -2.36. The third kappa shape index (κ3) is 4.59. The summed E-state index contributed by atoms with van der Waals surface area (Å²) in [7, 11) is -0.379. The molecule has 1 aromatic carbocycles. The van der Waals surface area contributed by atoms with Crippen LogP contribution in [0.2, 0.25) is 0 Å². The van der Waals surface area contributed by atoms with Crippen LogP contribution < -0.4 is 0 Å². The van der Waals surface area contributed by atoms with Crippen LogP contribution in [-0.4, -0.2) is 24.5 Å². The highest BCUT2D eigenvalue weighted by Gasteiger charge is 2.38. The summed E-state index contributed by atoms with van der Waals surface area (Å²) >= 11 is 0. The Hall–Kier alpha value is -0.880. The van der Waals surface area contributed by atoms with E-state index in [0.717, 1.165) is 18.4 Å². The summed E-state index contributed by atoms with van der Waals surface area (Å²) in [6.45, 7) is 11.2. The average Bonchev–Trinajstić information content (AvgIpc) is 2.45. The summed E-state index contributed by atoms with van der Waals surface area (Å²) < 4.78 is 5.58. The predicted octanol–water partition coefficient (Wildman–Crippen LogP) is 4.67. The third-order valence-corrected chi connectivity index (χ3v) is 6.42. The zero-order valence-electron chi connectivity index (χ0n) is 13.3. The van der Waals surface area contributed by atoms with Crippen LogP contribution in [0.25, 0.3) is 0 Å². The van der Waals surface area contributed by atoms with Crippen molar-refractivity contribution in [3.63, 3.8) is 0 Å². The topological polar surface area (TPSA) is 26.3 Å². The van der Waals surface area contributed by atoms with Crippen molar-refractivity contribution in [3.8, 4) is 0 Å². The summed E-state index contributed by atoms with van der Waals surface area (Å²) in [5.74, 6) is 0.506. The number of ether oxygens (including phenoxy) is 1. The highest BCUT2D eigenvalue weighted by atomic mass is 31.1. The van der Waals surface area contributed by atoms with E-state index in [0.29, 0.717) is 12.5 Å². The normalized spacial score (nSPS) is 15.7. The standard InChI is InChI=1S/C17H27O2P/c1-6-14(2)12-17(3,20(4)5)16(18)19-13-15-10-8-7-9-11-15/h7-11,14H,6,12-13H2,1-5H3. The molecule has 0 spiro atoms. The van der Waals surface area contributed by atoms with Crippen molar-refractivity contribution in [1.82, 2.24) is 0 Å². The SMILES string of the molecule is CCC(C)CC(C)(C(=O)OCc1ccccc1)P(C)C. The molecule has 0 saturated heterocycles. The van der Waals surface area contributed by atoms with Gasteiger partial charge in [-0.15, -0.1) is 0 Å². The lowest BCUT2D eigenvalue weighted by Gasteiger charge is -2.33. The third-order valence-electron chi connectivity index (χ3n) is 4.08. The summed E-state index contributed by atoms with van der Waals surface area (Å²) in [4.78, 5) is 12.5. The molecule has 0 amide bonds. The molecule has 112 valence electrons. The first-order valence-electron chi connectivity index (χ1n) is 7.28. The molecule has 0 radical (unpaired) electrons. The summed E-state index contributed by atoms with van der Waals surface area (Å²) in [6, 6.07) is 9.87. The van der Waals surface area contributed by atoms with Gasteiger partial charge in [0.2, 0.25) is 0 Å². The lowest BCUT2D eigenvalue weighted by molar-refractivity contribution is -0.148. The molecule has 0 aliphatic rings. The second kappa shape index (κ2) is 7.78. The second-order valence-electron chi connectivity index (χ2n) is 5.95. The minimum Gasteiger partial charge on any atom is -0.460 e. The number of carbonyl (C=O) groups is 1. The van der Waals surface area contributed by atoms with Gasteiger partial charge in [-0.05, 0) is 38.2 Å².